The predicted molar refractivity (Wildman–Crippen MR) is 94.3 cm³/mol. The smallest absolute Gasteiger partial charge is 0.245 e. The molecular weight excluding hydrogens is 318 g/mol. The van der Waals surface area contributed by atoms with E-state index in [9.17, 15) is 9.90 Å². The third kappa shape index (κ3) is 3.54. The van der Waals surface area contributed by atoms with Gasteiger partial charge < -0.3 is 19.3 Å². The minimum atomic E-state index is -0.317. The maximum absolute atomic E-state index is 13.1. The monoisotopic (exact) mass is 343 g/mol. The number of hydrogen-bond donors (Lipinski definition) is 1. The van der Waals surface area contributed by atoms with E-state index < -0.39 is 0 Å². The van der Waals surface area contributed by atoms with E-state index in [2.05, 4.69) is 18.8 Å². The Morgan fingerprint density at radius 1 is 1.36 bits per heavy atom. The van der Waals surface area contributed by atoms with E-state index in [1.54, 1.807) is 6.20 Å². The second kappa shape index (κ2) is 7.27. The van der Waals surface area contributed by atoms with Crippen molar-refractivity contribution in [2.75, 3.05) is 13.2 Å². The molecule has 6 nitrogen and oxygen atoms in total. The van der Waals surface area contributed by atoms with E-state index in [0.29, 0.717) is 19.7 Å². The van der Waals surface area contributed by atoms with E-state index in [-0.39, 0.29) is 24.5 Å². The van der Waals surface area contributed by atoms with Crippen molar-refractivity contribution in [1.29, 1.82) is 0 Å². The summed E-state index contributed by atoms with van der Waals surface area (Å²) < 4.78 is 7.71. The minimum Gasteiger partial charge on any atom is -0.491 e. The molecule has 1 unspecified atom stereocenters. The number of hydrogen-bond acceptors (Lipinski definition) is 4. The van der Waals surface area contributed by atoms with Crippen LogP contribution in [0, 0.1) is 0 Å². The number of aliphatic hydroxyl groups excluding tert-OH is 1. The van der Waals surface area contributed by atoms with Crippen molar-refractivity contribution in [2.24, 2.45) is 0 Å². The van der Waals surface area contributed by atoms with Crippen molar-refractivity contribution >= 4 is 5.91 Å². The molecule has 1 aliphatic heterocycles. The molecule has 0 aliphatic carbocycles. The van der Waals surface area contributed by atoms with E-state index in [0.717, 1.165) is 22.7 Å². The van der Waals surface area contributed by atoms with Gasteiger partial charge in [0.1, 0.15) is 24.2 Å². The van der Waals surface area contributed by atoms with Crippen molar-refractivity contribution in [2.45, 2.75) is 45.9 Å². The zero-order valence-corrected chi connectivity index (χ0v) is 15.0. The lowest BCUT2D eigenvalue weighted by Crippen LogP contribution is -2.37. The zero-order chi connectivity index (χ0) is 18.0. The van der Waals surface area contributed by atoms with Gasteiger partial charge in [-0.3, -0.25) is 4.79 Å². The Balaban J connectivity index is 1.83. The van der Waals surface area contributed by atoms with E-state index in [1.807, 2.05) is 40.8 Å². The SMILES string of the molecule is CC(C)c1nccn1C(C)C(=O)N1CCOc2ccc(CO)cc2C1. The van der Waals surface area contributed by atoms with Crippen LogP contribution in [0.15, 0.2) is 30.6 Å². The fraction of sp³-hybridized carbons (Fsp3) is 0.474. The van der Waals surface area contributed by atoms with Crippen molar-refractivity contribution in [3.05, 3.63) is 47.5 Å². The van der Waals surface area contributed by atoms with Gasteiger partial charge in [-0.05, 0) is 24.6 Å². The summed E-state index contributed by atoms with van der Waals surface area (Å²) in [7, 11) is 0. The number of aliphatic hydroxyl groups is 1. The molecule has 0 radical (unpaired) electrons. The van der Waals surface area contributed by atoms with Crippen molar-refractivity contribution in [1.82, 2.24) is 14.5 Å². The summed E-state index contributed by atoms with van der Waals surface area (Å²) in [6, 6.07) is 5.30. The third-order valence-corrected chi connectivity index (χ3v) is 4.59. The number of fused-ring (bicyclic) bond motifs is 1. The van der Waals surface area contributed by atoms with Crippen molar-refractivity contribution in [3.63, 3.8) is 0 Å². The van der Waals surface area contributed by atoms with Crippen LogP contribution in [0.5, 0.6) is 5.75 Å². The Bertz CT molecular complexity index is 754. The highest BCUT2D eigenvalue weighted by Gasteiger charge is 2.26. The standard InChI is InChI=1S/C19H25N3O3/c1-13(2)18-20-6-7-22(18)14(3)19(24)21-8-9-25-17-5-4-15(12-23)10-16(17)11-21/h4-7,10,13-14,23H,8-9,11-12H2,1-3H3. The lowest BCUT2D eigenvalue weighted by atomic mass is 10.1. The highest BCUT2D eigenvalue weighted by molar-refractivity contribution is 5.80. The molecule has 1 N–H and O–H groups in total. The van der Waals surface area contributed by atoms with Gasteiger partial charge in [-0.2, -0.15) is 0 Å². The number of nitrogens with zero attached hydrogens (tertiary/aromatic N) is 3. The topological polar surface area (TPSA) is 67.6 Å². The summed E-state index contributed by atoms with van der Waals surface area (Å²) in [6.45, 7) is 7.52. The fourth-order valence-corrected chi connectivity index (χ4v) is 3.22. The Labute approximate surface area is 148 Å². The second-order valence-corrected chi connectivity index (χ2v) is 6.73. The summed E-state index contributed by atoms with van der Waals surface area (Å²) in [6.07, 6.45) is 3.61. The summed E-state index contributed by atoms with van der Waals surface area (Å²) in [5, 5.41) is 9.35. The number of imidazole rings is 1. The first kappa shape index (κ1) is 17.5. The van der Waals surface area contributed by atoms with Crippen molar-refractivity contribution < 1.29 is 14.6 Å². The van der Waals surface area contributed by atoms with Gasteiger partial charge in [0.05, 0.1) is 13.2 Å². The lowest BCUT2D eigenvalue weighted by molar-refractivity contribution is -0.135. The van der Waals surface area contributed by atoms with Crippen LogP contribution in [0.2, 0.25) is 0 Å². The average Bonchev–Trinajstić information content (AvgIpc) is 3.01. The van der Waals surface area contributed by atoms with Crippen LogP contribution in [0.25, 0.3) is 0 Å². The van der Waals surface area contributed by atoms with Crippen LogP contribution >= 0.6 is 0 Å². The second-order valence-electron chi connectivity index (χ2n) is 6.73. The number of ether oxygens (including phenoxy) is 1. The van der Waals surface area contributed by atoms with Crippen LogP contribution in [0.4, 0.5) is 0 Å². The van der Waals surface area contributed by atoms with Gasteiger partial charge in [-0.15, -0.1) is 0 Å². The van der Waals surface area contributed by atoms with Gasteiger partial charge in [0.15, 0.2) is 0 Å². The molecule has 1 aromatic heterocycles. The first-order valence-electron chi connectivity index (χ1n) is 8.68. The fourth-order valence-electron chi connectivity index (χ4n) is 3.22. The van der Waals surface area contributed by atoms with Gasteiger partial charge >= 0.3 is 0 Å². The largest absolute Gasteiger partial charge is 0.491 e. The van der Waals surface area contributed by atoms with Crippen molar-refractivity contribution in [3.8, 4) is 5.75 Å². The molecular formula is C19H25N3O3. The molecule has 2 heterocycles. The number of amides is 1. The summed E-state index contributed by atoms with van der Waals surface area (Å²) >= 11 is 0. The van der Waals surface area contributed by atoms with Gasteiger partial charge in [-0.25, -0.2) is 4.98 Å². The molecule has 0 spiro atoms. The first-order chi connectivity index (χ1) is 12.0. The Kier molecular flexibility index (Phi) is 5.08. The van der Waals surface area contributed by atoms with Gasteiger partial charge in [0.25, 0.3) is 0 Å². The van der Waals surface area contributed by atoms with Gasteiger partial charge in [0, 0.05) is 30.4 Å². The Morgan fingerprint density at radius 2 is 2.16 bits per heavy atom. The highest BCUT2D eigenvalue weighted by Crippen LogP contribution is 2.26. The highest BCUT2D eigenvalue weighted by atomic mass is 16.5. The number of aromatic nitrogens is 2. The average molecular weight is 343 g/mol. The number of carbonyl (C=O) groups excluding carboxylic acids is 1. The van der Waals surface area contributed by atoms with Gasteiger partial charge in [-0.1, -0.05) is 19.9 Å². The molecule has 0 saturated heterocycles. The predicted octanol–water partition coefficient (Wildman–Crippen LogP) is 2.48. The molecule has 3 rings (SSSR count). The molecule has 0 saturated carbocycles. The van der Waals surface area contributed by atoms with Crippen LogP contribution in [0.1, 0.15) is 49.7 Å². The Morgan fingerprint density at radius 3 is 2.88 bits per heavy atom. The minimum absolute atomic E-state index is 0.0234. The molecule has 0 fully saturated rings. The molecule has 134 valence electrons. The van der Waals surface area contributed by atoms with Gasteiger partial charge in [0.2, 0.25) is 5.91 Å². The number of benzene rings is 1. The maximum Gasteiger partial charge on any atom is 0.245 e. The van der Waals surface area contributed by atoms with Crippen LogP contribution in [-0.2, 0) is 17.9 Å². The molecule has 2 aromatic rings. The molecule has 1 aromatic carbocycles. The zero-order valence-electron chi connectivity index (χ0n) is 15.0. The Hall–Kier alpha value is -2.34. The van der Waals surface area contributed by atoms with E-state index >= 15 is 0 Å². The normalized spacial score (nSPS) is 15.5. The summed E-state index contributed by atoms with van der Waals surface area (Å²) in [5.74, 6) is 2.00. The number of carbonyl (C=O) groups is 1. The maximum atomic E-state index is 13.1. The van der Waals surface area contributed by atoms with E-state index in [1.165, 1.54) is 0 Å². The molecule has 6 heteroatoms. The van der Waals surface area contributed by atoms with Crippen LogP contribution in [0.3, 0.4) is 0 Å². The van der Waals surface area contributed by atoms with E-state index in [4.69, 9.17) is 4.74 Å². The molecule has 25 heavy (non-hydrogen) atoms. The quantitative estimate of drug-likeness (QED) is 0.926. The lowest BCUT2D eigenvalue weighted by Gasteiger charge is -2.26. The molecule has 1 amide bonds. The van der Waals surface area contributed by atoms with Crippen LogP contribution in [-0.4, -0.2) is 38.6 Å². The third-order valence-electron chi connectivity index (χ3n) is 4.59. The molecule has 1 atom stereocenters. The first-order valence-corrected chi connectivity index (χ1v) is 8.68. The summed E-state index contributed by atoms with van der Waals surface area (Å²) in [4.78, 5) is 19.3. The molecule has 1 aliphatic rings. The van der Waals surface area contributed by atoms with Crippen LogP contribution < -0.4 is 4.74 Å². The summed E-state index contributed by atoms with van der Waals surface area (Å²) in [5.41, 5.74) is 1.75. The molecule has 0 bridgehead atoms. The number of rotatable bonds is 4.